The second-order valence-corrected chi connectivity index (χ2v) is 8.65. The van der Waals surface area contributed by atoms with Crippen LogP contribution in [0.15, 0.2) is 60.0 Å². The molecular formula is C19H14Cl3F3N2OS. The van der Waals surface area contributed by atoms with E-state index in [-0.39, 0.29) is 16.9 Å². The molecule has 3 aromatic rings. The maximum Gasteiger partial charge on any atom is 0.417 e. The normalized spacial score (nSPS) is 12.8. The van der Waals surface area contributed by atoms with Crippen LogP contribution in [0.1, 0.15) is 5.56 Å². The highest BCUT2D eigenvalue weighted by atomic mass is 35.5. The molecule has 3 rings (SSSR count). The Kier molecular flexibility index (Phi) is 7.27. The van der Waals surface area contributed by atoms with E-state index in [9.17, 15) is 13.2 Å². The molecule has 0 radical (unpaired) electrons. The molecule has 1 unspecified atom stereocenters. The van der Waals surface area contributed by atoms with Crippen LogP contribution in [0, 0.1) is 0 Å². The molecular weight excluding hydrogens is 468 g/mol. The summed E-state index contributed by atoms with van der Waals surface area (Å²) in [6.07, 6.45) is 0.501. The minimum absolute atomic E-state index is 0.203. The van der Waals surface area contributed by atoms with Crippen LogP contribution in [0.4, 0.5) is 13.2 Å². The van der Waals surface area contributed by atoms with Crippen molar-refractivity contribution in [2.45, 2.75) is 22.9 Å². The topological polar surface area (TPSA) is 27.1 Å². The number of rotatable bonds is 7. The van der Waals surface area contributed by atoms with Crippen molar-refractivity contribution in [2.24, 2.45) is 0 Å². The number of imidazole rings is 1. The summed E-state index contributed by atoms with van der Waals surface area (Å²) in [5, 5.41) is 0.276. The number of hydrogen-bond acceptors (Lipinski definition) is 3. The number of benzene rings is 2. The molecule has 3 nitrogen and oxygen atoms in total. The third kappa shape index (κ3) is 6.22. The lowest BCUT2D eigenvalue weighted by Gasteiger charge is -2.19. The van der Waals surface area contributed by atoms with E-state index in [1.807, 2.05) is 4.57 Å². The molecule has 29 heavy (non-hydrogen) atoms. The Hall–Kier alpha value is -1.54. The first-order valence-corrected chi connectivity index (χ1v) is 10.3. The maximum atomic E-state index is 13.2. The van der Waals surface area contributed by atoms with Crippen LogP contribution >= 0.6 is 46.6 Å². The minimum atomic E-state index is -4.53. The molecule has 10 heteroatoms. The first kappa shape index (κ1) is 22.2. The molecule has 0 spiro atoms. The molecule has 1 heterocycles. The Balaban J connectivity index is 1.78. The molecule has 0 amide bonds. The smallest absolute Gasteiger partial charge is 0.417 e. The van der Waals surface area contributed by atoms with E-state index < -0.39 is 11.7 Å². The lowest BCUT2D eigenvalue weighted by molar-refractivity contribution is -0.137. The largest absolute Gasteiger partial charge is 0.491 e. The van der Waals surface area contributed by atoms with Gasteiger partial charge in [-0.3, -0.25) is 0 Å². The SMILES string of the molecule is FC(F)(F)c1cc(SC(COc2ccc(Cl)cc2Cl)Cn2ccnc2)ccc1Cl. The Morgan fingerprint density at radius 2 is 1.86 bits per heavy atom. The van der Waals surface area contributed by atoms with Gasteiger partial charge in [0.05, 0.1) is 27.2 Å². The van der Waals surface area contributed by atoms with Crippen LogP contribution < -0.4 is 4.74 Å². The first-order chi connectivity index (χ1) is 13.7. The van der Waals surface area contributed by atoms with Gasteiger partial charge in [0.15, 0.2) is 0 Å². The highest BCUT2D eigenvalue weighted by molar-refractivity contribution is 8.00. The fraction of sp³-hybridized carbons (Fsp3) is 0.211. The predicted octanol–water partition coefficient (Wildman–Crippen LogP) is 7.10. The quantitative estimate of drug-likeness (QED) is 0.337. The van der Waals surface area contributed by atoms with Crippen molar-refractivity contribution < 1.29 is 17.9 Å². The molecule has 0 aliphatic rings. The number of halogens is 6. The fourth-order valence-corrected chi connectivity index (χ4v) is 4.30. The standard InChI is InChI=1S/C19H14Cl3F3N2OS/c20-12-1-4-18(17(22)7-12)28-10-14(9-27-6-5-26-11-27)29-13-2-3-16(21)15(8-13)19(23,24)25/h1-8,11,14H,9-10H2. The van der Waals surface area contributed by atoms with Crippen LogP contribution in [0.5, 0.6) is 5.75 Å². The maximum absolute atomic E-state index is 13.2. The number of ether oxygens (including phenoxy) is 1. The van der Waals surface area contributed by atoms with Crippen molar-refractivity contribution >= 4 is 46.6 Å². The van der Waals surface area contributed by atoms with Gasteiger partial charge in [0.1, 0.15) is 12.4 Å². The Labute approximate surface area is 184 Å². The molecule has 154 valence electrons. The van der Waals surface area contributed by atoms with Crippen molar-refractivity contribution in [3.8, 4) is 5.75 Å². The average molecular weight is 482 g/mol. The Bertz CT molecular complexity index is 968. The van der Waals surface area contributed by atoms with Gasteiger partial charge < -0.3 is 9.30 Å². The van der Waals surface area contributed by atoms with Gasteiger partial charge in [-0.15, -0.1) is 11.8 Å². The summed E-state index contributed by atoms with van der Waals surface area (Å²) in [7, 11) is 0. The highest BCUT2D eigenvalue weighted by Crippen LogP contribution is 2.38. The molecule has 1 aromatic heterocycles. The summed E-state index contributed by atoms with van der Waals surface area (Å²) in [4.78, 5) is 4.42. The van der Waals surface area contributed by atoms with Gasteiger partial charge in [-0.2, -0.15) is 13.2 Å². The van der Waals surface area contributed by atoms with Gasteiger partial charge in [-0.25, -0.2) is 4.98 Å². The fourth-order valence-electron chi connectivity index (χ4n) is 2.52. The number of hydrogen-bond donors (Lipinski definition) is 0. The third-order valence-corrected chi connectivity index (χ3v) is 5.84. The minimum Gasteiger partial charge on any atom is -0.491 e. The summed E-state index contributed by atoms with van der Waals surface area (Å²) in [6.45, 7) is 0.675. The van der Waals surface area contributed by atoms with E-state index in [1.165, 1.54) is 17.8 Å². The summed E-state index contributed by atoms with van der Waals surface area (Å²) in [5.41, 5.74) is -0.868. The Morgan fingerprint density at radius 1 is 1.07 bits per heavy atom. The summed E-state index contributed by atoms with van der Waals surface area (Å²) in [5.74, 6) is 0.444. The number of aromatic nitrogens is 2. The van der Waals surface area contributed by atoms with Gasteiger partial charge in [0.25, 0.3) is 0 Å². The molecule has 0 saturated carbocycles. The van der Waals surface area contributed by atoms with E-state index in [0.717, 1.165) is 6.07 Å². The van der Waals surface area contributed by atoms with E-state index in [2.05, 4.69) is 4.98 Å². The van der Waals surface area contributed by atoms with Crippen molar-refractivity contribution in [3.05, 3.63) is 75.8 Å². The summed E-state index contributed by atoms with van der Waals surface area (Å²) < 4.78 is 47.1. The van der Waals surface area contributed by atoms with Crippen LogP contribution in [0.25, 0.3) is 0 Å². The molecule has 1 atom stereocenters. The molecule has 0 bridgehead atoms. The van der Waals surface area contributed by atoms with Crippen molar-refractivity contribution in [1.29, 1.82) is 0 Å². The van der Waals surface area contributed by atoms with Crippen molar-refractivity contribution in [2.75, 3.05) is 6.61 Å². The molecule has 0 aliphatic carbocycles. The second-order valence-electron chi connectivity index (χ2n) is 6.02. The van der Waals surface area contributed by atoms with Crippen LogP contribution in [-0.2, 0) is 12.7 Å². The molecule has 0 aliphatic heterocycles. The van der Waals surface area contributed by atoms with E-state index in [1.54, 1.807) is 43.0 Å². The second kappa shape index (κ2) is 9.51. The zero-order chi connectivity index (χ0) is 21.0. The van der Waals surface area contributed by atoms with Crippen molar-refractivity contribution in [3.63, 3.8) is 0 Å². The lowest BCUT2D eigenvalue weighted by Crippen LogP contribution is -2.20. The zero-order valence-electron chi connectivity index (χ0n) is 14.7. The number of nitrogens with zero attached hydrogens (tertiary/aromatic N) is 2. The lowest BCUT2D eigenvalue weighted by atomic mass is 10.2. The van der Waals surface area contributed by atoms with Gasteiger partial charge in [0, 0.05) is 28.9 Å². The molecule has 0 fully saturated rings. The monoisotopic (exact) mass is 480 g/mol. The number of alkyl halides is 3. The highest BCUT2D eigenvalue weighted by Gasteiger charge is 2.33. The van der Waals surface area contributed by atoms with Gasteiger partial charge in [0.2, 0.25) is 0 Å². The molecule has 0 saturated heterocycles. The van der Waals surface area contributed by atoms with Gasteiger partial charge >= 0.3 is 6.18 Å². The summed E-state index contributed by atoms with van der Waals surface area (Å²) >= 11 is 19.0. The van der Waals surface area contributed by atoms with E-state index >= 15 is 0 Å². The van der Waals surface area contributed by atoms with Gasteiger partial charge in [-0.1, -0.05) is 34.8 Å². The zero-order valence-corrected chi connectivity index (χ0v) is 17.8. The van der Waals surface area contributed by atoms with Crippen molar-refractivity contribution in [1.82, 2.24) is 9.55 Å². The first-order valence-electron chi connectivity index (χ1n) is 8.29. The van der Waals surface area contributed by atoms with E-state index in [4.69, 9.17) is 39.5 Å². The van der Waals surface area contributed by atoms with E-state index in [0.29, 0.717) is 27.2 Å². The van der Waals surface area contributed by atoms with Crippen LogP contribution in [0.3, 0.4) is 0 Å². The van der Waals surface area contributed by atoms with Gasteiger partial charge in [-0.05, 0) is 36.4 Å². The average Bonchev–Trinajstić information content (AvgIpc) is 3.14. The van der Waals surface area contributed by atoms with Crippen LogP contribution in [-0.4, -0.2) is 21.4 Å². The third-order valence-electron chi connectivity index (χ3n) is 3.84. The van der Waals surface area contributed by atoms with Crippen LogP contribution in [0.2, 0.25) is 15.1 Å². The molecule has 0 N–H and O–H groups in total. The molecule has 2 aromatic carbocycles. The number of thioether (sulfide) groups is 1. The Morgan fingerprint density at radius 3 is 2.52 bits per heavy atom. The predicted molar refractivity (Wildman–Crippen MR) is 110 cm³/mol. The summed E-state index contributed by atoms with van der Waals surface area (Å²) in [6, 6.07) is 8.70.